The molecule has 1 aliphatic carbocycles. The van der Waals surface area contributed by atoms with Gasteiger partial charge in [0.05, 0.1) is 7.11 Å². The first-order valence-corrected chi connectivity index (χ1v) is 5.02. The molecule has 1 aromatic rings. The fraction of sp³-hybridized carbons (Fsp3) is 0.500. The van der Waals surface area contributed by atoms with Gasteiger partial charge in [0, 0.05) is 12.0 Å². The Morgan fingerprint density at radius 2 is 2.38 bits per heavy atom. The number of rotatable bonds is 4. The first-order chi connectivity index (χ1) is 7.70. The zero-order valence-corrected chi connectivity index (χ0v) is 8.86. The summed E-state index contributed by atoms with van der Waals surface area (Å²) in [5.74, 6) is 0.221. The molecule has 86 valence electrons. The first-order valence-electron chi connectivity index (χ1n) is 5.02. The highest BCUT2D eigenvalue weighted by Gasteiger charge is 2.28. The van der Waals surface area contributed by atoms with Crippen LogP contribution in [0.1, 0.15) is 35.0 Å². The van der Waals surface area contributed by atoms with Crippen molar-refractivity contribution in [2.75, 3.05) is 13.7 Å². The largest absolute Gasteiger partial charge is 0.468 e. The molecule has 1 aliphatic rings. The Labute approximate surface area is 91.9 Å². The molecule has 0 unspecified atom stereocenters. The van der Waals surface area contributed by atoms with Crippen LogP contribution >= 0.6 is 0 Å². The number of aromatic nitrogens is 1. The van der Waals surface area contributed by atoms with E-state index in [0.717, 1.165) is 18.6 Å². The summed E-state index contributed by atoms with van der Waals surface area (Å²) in [4.78, 5) is 22.3. The number of methoxy groups -OCH3 is 1. The standard InChI is InChI=1S/C10H12N2O4/c1-15-9(13)5-11-10(14)7-4-8(16-12-7)6-2-3-6/h4,6H,2-3,5H2,1H3,(H,11,14). The second kappa shape index (κ2) is 4.34. The van der Waals surface area contributed by atoms with Gasteiger partial charge in [0.15, 0.2) is 5.69 Å². The van der Waals surface area contributed by atoms with Crippen molar-refractivity contribution in [2.45, 2.75) is 18.8 Å². The van der Waals surface area contributed by atoms with Crippen molar-refractivity contribution in [1.82, 2.24) is 10.5 Å². The lowest BCUT2D eigenvalue weighted by molar-refractivity contribution is -0.139. The summed E-state index contributed by atoms with van der Waals surface area (Å²) in [5, 5.41) is 6.03. The molecule has 1 N–H and O–H groups in total. The highest BCUT2D eigenvalue weighted by atomic mass is 16.5. The van der Waals surface area contributed by atoms with E-state index in [4.69, 9.17) is 4.52 Å². The molecule has 0 aliphatic heterocycles. The van der Waals surface area contributed by atoms with Gasteiger partial charge in [-0.3, -0.25) is 9.59 Å². The van der Waals surface area contributed by atoms with Gasteiger partial charge in [-0.25, -0.2) is 0 Å². The Bertz CT molecular complexity index is 409. The summed E-state index contributed by atoms with van der Waals surface area (Å²) in [6.07, 6.45) is 2.16. The van der Waals surface area contributed by atoms with Crippen LogP contribution in [-0.2, 0) is 9.53 Å². The molecule has 2 rings (SSSR count). The zero-order chi connectivity index (χ0) is 11.5. The van der Waals surface area contributed by atoms with Gasteiger partial charge in [-0.1, -0.05) is 5.16 Å². The molecule has 1 fully saturated rings. The Kier molecular flexibility index (Phi) is 2.89. The second-order valence-corrected chi connectivity index (χ2v) is 3.65. The average Bonchev–Trinajstić information content (AvgIpc) is 3.03. The number of hydrogen-bond donors (Lipinski definition) is 1. The van der Waals surface area contributed by atoms with Crippen LogP contribution in [0.5, 0.6) is 0 Å². The van der Waals surface area contributed by atoms with Crippen LogP contribution in [-0.4, -0.2) is 30.7 Å². The fourth-order valence-electron chi connectivity index (χ4n) is 1.27. The molecule has 0 radical (unpaired) electrons. The predicted molar refractivity (Wildman–Crippen MR) is 52.8 cm³/mol. The van der Waals surface area contributed by atoms with Crippen molar-refractivity contribution in [3.05, 3.63) is 17.5 Å². The Morgan fingerprint density at radius 3 is 3.00 bits per heavy atom. The first kappa shape index (κ1) is 10.7. The van der Waals surface area contributed by atoms with Crippen LogP contribution in [0.25, 0.3) is 0 Å². The van der Waals surface area contributed by atoms with Gasteiger partial charge in [-0.15, -0.1) is 0 Å². The van der Waals surface area contributed by atoms with E-state index in [1.54, 1.807) is 6.07 Å². The van der Waals surface area contributed by atoms with Gasteiger partial charge in [0.1, 0.15) is 12.3 Å². The minimum Gasteiger partial charge on any atom is -0.468 e. The van der Waals surface area contributed by atoms with Gasteiger partial charge in [-0.05, 0) is 12.8 Å². The fourth-order valence-corrected chi connectivity index (χ4v) is 1.27. The van der Waals surface area contributed by atoms with E-state index in [9.17, 15) is 9.59 Å². The second-order valence-electron chi connectivity index (χ2n) is 3.65. The Morgan fingerprint density at radius 1 is 1.62 bits per heavy atom. The summed E-state index contributed by atoms with van der Waals surface area (Å²) in [5.41, 5.74) is 0.200. The SMILES string of the molecule is COC(=O)CNC(=O)c1cc(C2CC2)on1. The lowest BCUT2D eigenvalue weighted by atomic mass is 10.3. The summed E-state index contributed by atoms with van der Waals surface area (Å²) in [6.45, 7) is -0.166. The molecular formula is C10H12N2O4. The van der Waals surface area contributed by atoms with Crippen LogP contribution in [0.15, 0.2) is 10.6 Å². The van der Waals surface area contributed by atoms with Crippen molar-refractivity contribution in [2.24, 2.45) is 0 Å². The Balaban J connectivity index is 1.90. The molecule has 1 amide bonds. The number of nitrogens with one attached hydrogen (secondary N) is 1. The third-order valence-corrected chi connectivity index (χ3v) is 2.36. The van der Waals surface area contributed by atoms with E-state index in [-0.39, 0.29) is 12.2 Å². The minimum absolute atomic E-state index is 0.166. The maximum Gasteiger partial charge on any atom is 0.325 e. The molecule has 0 atom stereocenters. The van der Waals surface area contributed by atoms with Crippen LogP contribution in [0.3, 0.4) is 0 Å². The summed E-state index contributed by atoms with van der Waals surface area (Å²) < 4.78 is 9.41. The number of nitrogens with zero attached hydrogens (tertiary/aromatic N) is 1. The molecular weight excluding hydrogens is 212 g/mol. The normalized spacial score (nSPS) is 14.6. The van der Waals surface area contributed by atoms with Gasteiger partial charge in [-0.2, -0.15) is 0 Å². The summed E-state index contributed by atoms with van der Waals surface area (Å²) in [6, 6.07) is 1.62. The average molecular weight is 224 g/mol. The molecule has 0 bridgehead atoms. The minimum atomic E-state index is -0.501. The summed E-state index contributed by atoms with van der Waals surface area (Å²) in [7, 11) is 1.26. The van der Waals surface area contributed by atoms with E-state index in [1.807, 2.05) is 0 Å². The van der Waals surface area contributed by atoms with E-state index in [2.05, 4.69) is 15.2 Å². The quantitative estimate of drug-likeness (QED) is 0.751. The molecule has 0 aromatic carbocycles. The van der Waals surface area contributed by atoms with E-state index < -0.39 is 11.9 Å². The number of hydrogen-bond acceptors (Lipinski definition) is 5. The van der Waals surface area contributed by atoms with E-state index >= 15 is 0 Å². The highest BCUT2D eigenvalue weighted by molar-refractivity contribution is 5.94. The maximum atomic E-state index is 11.5. The third-order valence-electron chi connectivity index (χ3n) is 2.36. The molecule has 1 saturated carbocycles. The summed E-state index contributed by atoms with van der Waals surface area (Å²) >= 11 is 0. The molecule has 16 heavy (non-hydrogen) atoms. The van der Waals surface area contributed by atoms with Gasteiger partial charge >= 0.3 is 5.97 Å². The monoisotopic (exact) mass is 224 g/mol. The molecule has 0 saturated heterocycles. The van der Waals surface area contributed by atoms with E-state index in [0.29, 0.717) is 5.92 Å². The predicted octanol–water partition coefficient (Wildman–Crippen LogP) is 0.455. The molecule has 1 heterocycles. The van der Waals surface area contributed by atoms with Crippen molar-refractivity contribution >= 4 is 11.9 Å². The highest BCUT2D eigenvalue weighted by Crippen LogP contribution is 2.40. The molecule has 6 nitrogen and oxygen atoms in total. The number of ether oxygens (including phenoxy) is 1. The van der Waals surface area contributed by atoms with E-state index in [1.165, 1.54) is 7.11 Å². The van der Waals surface area contributed by atoms with Gasteiger partial charge in [0.25, 0.3) is 5.91 Å². The smallest absolute Gasteiger partial charge is 0.325 e. The van der Waals surface area contributed by atoms with Crippen molar-refractivity contribution in [3.63, 3.8) is 0 Å². The van der Waals surface area contributed by atoms with Crippen molar-refractivity contribution < 1.29 is 18.8 Å². The Hall–Kier alpha value is -1.85. The number of carbonyl (C=O) groups excluding carboxylic acids is 2. The molecule has 6 heteroatoms. The maximum absolute atomic E-state index is 11.5. The lowest BCUT2D eigenvalue weighted by Gasteiger charge is -1.99. The third kappa shape index (κ3) is 2.39. The number of amides is 1. The van der Waals surface area contributed by atoms with Crippen molar-refractivity contribution in [3.8, 4) is 0 Å². The number of carbonyl (C=O) groups is 2. The van der Waals surface area contributed by atoms with Crippen molar-refractivity contribution in [1.29, 1.82) is 0 Å². The topological polar surface area (TPSA) is 81.4 Å². The van der Waals surface area contributed by atoms with Crippen LogP contribution < -0.4 is 5.32 Å². The van der Waals surface area contributed by atoms with Crippen LogP contribution in [0.4, 0.5) is 0 Å². The lowest BCUT2D eigenvalue weighted by Crippen LogP contribution is -2.30. The van der Waals surface area contributed by atoms with Crippen LogP contribution in [0.2, 0.25) is 0 Å². The van der Waals surface area contributed by atoms with Crippen LogP contribution in [0, 0.1) is 0 Å². The van der Waals surface area contributed by atoms with Gasteiger partial charge in [0.2, 0.25) is 0 Å². The molecule has 0 spiro atoms. The van der Waals surface area contributed by atoms with Gasteiger partial charge < -0.3 is 14.6 Å². The zero-order valence-electron chi connectivity index (χ0n) is 8.86. The number of esters is 1. The molecule has 1 aromatic heterocycles.